The van der Waals surface area contributed by atoms with Gasteiger partial charge in [0.25, 0.3) is 5.91 Å². The molecule has 4 amide bonds. The molecule has 0 bridgehead atoms. The molecular weight excluding hydrogens is 957 g/mol. The number of carboxylic acids is 4. The zero-order valence-corrected chi connectivity index (χ0v) is 41.1. The van der Waals surface area contributed by atoms with Crippen molar-refractivity contribution in [3.8, 4) is 0 Å². The Morgan fingerprint density at radius 1 is 0.411 bits per heavy atom. The average molecular weight is 1030 g/mol. The molecule has 0 saturated heterocycles. The molecule has 0 fully saturated rings. The van der Waals surface area contributed by atoms with Gasteiger partial charge in [0.1, 0.15) is 41.4 Å². The summed E-state index contributed by atoms with van der Waals surface area (Å²) in [5.74, 6) is -1.90. The number of aryl methyl sites for hydroxylation is 2. The molecule has 0 aliphatic rings. The summed E-state index contributed by atoms with van der Waals surface area (Å²) in [5, 5.41) is 45.2. The van der Waals surface area contributed by atoms with E-state index in [0.717, 1.165) is 24.4 Å². The molecule has 24 heteroatoms. The fourth-order valence-electron chi connectivity index (χ4n) is 6.02. The van der Waals surface area contributed by atoms with E-state index in [0.29, 0.717) is 122 Å². The van der Waals surface area contributed by atoms with Crippen LogP contribution in [0.1, 0.15) is 118 Å². The van der Waals surface area contributed by atoms with E-state index in [1.165, 1.54) is 12.5 Å². The number of carboxylic acid groups (broad SMARTS) is 4. The number of rotatable bonds is 33. The lowest BCUT2D eigenvalue weighted by molar-refractivity contribution is -0.139. The number of nitrogens with two attached hydrogens (primary N) is 4. The SMILES string of the molecule is NC(CCCCNC(=O)CCc1ccco1)C(=O)O.NC(CCCCNC(=O)CCc1ccco1)C(=O)O.NC(CCCCNC(=O)Cc1ccco1)C(=O)O.NC(CCCCNC(=O)c1ccco1)C(=O)O. The Bertz CT molecular complexity index is 2040. The van der Waals surface area contributed by atoms with Crippen LogP contribution < -0.4 is 44.2 Å². The van der Waals surface area contributed by atoms with Gasteiger partial charge in [0.2, 0.25) is 17.7 Å². The maximum atomic E-state index is 11.5. The molecule has 0 aliphatic carbocycles. The smallest absolute Gasteiger partial charge is 0.320 e. The fourth-order valence-corrected chi connectivity index (χ4v) is 6.02. The van der Waals surface area contributed by atoms with Gasteiger partial charge >= 0.3 is 23.9 Å². The predicted octanol–water partition coefficient (Wildman–Crippen LogP) is 2.93. The molecule has 4 aromatic heterocycles. The van der Waals surface area contributed by atoms with Gasteiger partial charge in [0.05, 0.1) is 31.5 Å². The third kappa shape index (κ3) is 33.9. The van der Waals surface area contributed by atoms with Crippen molar-refractivity contribution in [3.05, 3.63) is 96.6 Å². The van der Waals surface area contributed by atoms with E-state index in [1.54, 1.807) is 48.9 Å². The molecule has 24 nitrogen and oxygen atoms in total. The minimum Gasteiger partial charge on any atom is -0.480 e. The number of hydrogen-bond donors (Lipinski definition) is 12. The Morgan fingerprint density at radius 2 is 0.726 bits per heavy atom. The van der Waals surface area contributed by atoms with Crippen LogP contribution in [0.4, 0.5) is 0 Å². The van der Waals surface area contributed by atoms with E-state index >= 15 is 0 Å². The summed E-state index contributed by atoms with van der Waals surface area (Å²) in [6.07, 6.45) is 15.5. The molecule has 406 valence electrons. The molecular formula is C49H74N8O16. The van der Waals surface area contributed by atoms with Gasteiger partial charge in [0, 0.05) is 51.9 Å². The molecule has 0 spiro atoms. The highest BCUT2D eigenvalue weighted by Gasteiger charge is 2.14. The Kier molecular flexibility index (Phi) is 34.4. The second-order valence-corrected chi connectivity index (χ2v) is 16.5. The summed E-state index contributed by atoms with van der Waals surface area (Å²) < 4.78 is 20.2. The van der Waals surface area contributed by atoms with Gasteiger partial charge < -0.3 is 82.3 Å². The number of carbonyl (C=O) groups is 8. The number of aliphatic carboxylic acids is 4. The van der Waals surface area contributed by atoms with Crippen molar-refractivity contribution in [1.29, 1.82) is 0 Å². The highest BCUT2D eigenvalue weighted by atomic mass is 16.4. The lowest BCUT2D eigenvalue weighted by atomic mass is 10.1. The Hall–Kier alpha value is -7.28. The van der Waals surface area contributed by atoms with E-state index < -0.39 is 48.0 Å². The first-order valence-electron chi connectivity index (χ1n) is 24.0. The summed E-state index contributed by atoms with van der Waals surface area (Å²) in [6.45, 7) is 2.09. The molecule has 73 heavy (non-hydrogen) atoms. The first-order chi connectivity index (χ1) is 34.9. The quantitative estimate of drug-likeness (QED) is 0.0305. The summed E-state index contributed by atoms with van der Waals surface area (Å²) in [5.41, 5.74) is 21.4. The molecule has 4 unspecified atom stereocenters. The van der Waals surface area contributed by atoms with Gasteiger partial charge in [-0.05, 0) is 126 Å². The van der Waals surface area contributed by atoms with Crippen molar-refractivity contribution in [1.82, 2.24) is 21.3 Å². The zero-order valence-electron chi connectivity index (χ0n) is 41.1. The summed E-state index contributed by atoms with van der Waals surface area (Å²) in [4.78, 5) is 87.6. The predicted molar refractivity (Wildman–Crippen MR) is 264 cm³/mol. The highest BCUT2D eigenvalue weighted by Crippen LogP contribution is 2.07. The van der Waals surface area contributed by atoms with E-state index in [4.69, 9.17) is 61.0 Å². The number of amides is 4. The first-order valence-corrected chi connectivity index (χ1v) is 24.0. The van der Waals surface area contributed by atoms with Gasteiger partial charge in [-0.15, -0.1) is 0 Å². The van der Waals surface area contributed by atoms with Crippen molar-refractivity contribution in [2.45, 2.75) is 133 Å². The second kappa shape index (κ2) is 39.3. The minimum absolute atomic E-state index is 0.0288. The van der Waals surface area contributed by atoms with Crippen LogP contribution in [0, 0.1) is 0 Å². The molecule has 4 heterocycles. The molecule has 0 aliphatic heterocycles. The number of unbranched alkanes of at least 4 members (excludes halogenated alkanes) is 4. The molecule has 4 aromatic rings. The van der Waals surface area contributed by atoms with E-state index in [9.17, 15) is 38.4 Å². The van der Waals surface area contributed by atoms with Crippen LogP contribution in [-0.2, 0) is 52.8 Å². The van der Waals surface area contributed by atoms with E-state index in [1.807, 2.05) is 12.1 Å². The van der Waals surface area contributed by atoms with Crippen molar-refractivity contribution in [3.63, 3.8) is 0 Å². The van der Waals surface area contributed by atoms with Crippen LogP contribution in [0.3, 0.4) is 0 Å². The molecule has 16 N–H and O–H groups in total. The van der Waals surface area contributed by atoms with Crippen LogP contribution in [-0.4, -0.2) is 118 Å². The zero-order chi connectivity index (χ0) is 54.2. The van der Waals surface area contributed by atoms with Gasteiger partial charge in [-0.25, -0.2) is 0 Å². The largest absolute Gasteiger partial charge is 0.480 e. The minimum atomic E-state index is -0.996. The lowest BCUT2D eigenvalue weighted by Gasteiger charge is -2.07. The Balaban J connectivity index is 0.000000487. The van der Waals surface area contributed by atoms with Crippen molar-refractivity contribution in [2.24, 2.45) is 22.9 Å². The van der Waals surface area contributed by atoms with Crippen LogP contribution >= 0.6 is 0 Å². The highest BCUT2D eigenvalue weighted by molar-refractivity contribution is 5.91. The fraction of sp³-hybridized carbons (Fsp3) is 0.510. The molecule has 4 atom stereocenters. The van der Waals surface area contributed by atoms with Gasteiger partial charge in [-0.1, -0.05) is 0 Å². The molecule has 0 saturated carbocycles. The van der Waals surface area contributed by atoms with Crippen LogP contribution in [0.5, 0.6) is 0 Å². The topological polar surface area (TPSA) is 422 Å². The monoisotopic (exact) mass is 1030 g/mol. The Labute approximate surface area is 423 Å². The van der Waals surface area contributed by atoms with Gasteiger partial charge in [0.15, 0.2) is 5.76 Å². The number of furan rings is 4. The van der Waals surface area contributed by atoms with E-state index in [-0.39, 0.29) is 35.8 Å². The van der Waals surface area contributed by atoms with Gasteiger partial charge in [-0.2, -0.15) is 0 Å². The first kappa shape index (κ1) is 63.7. The number of carbonyl (C=O) groups excluding carboxylic acids is 4. The number of nitrogens with one attached hydrogen (secondary N) is 4. The van der Waals surface area contributed by atoms with Crippen molar-refractivity contribution < 1.29 is 76.5 Å². The maximum Gasteiger partial charge on any atom is 0.320 e. The lowest BCUT2D eigenvalue weighted by Crippen LogP contribution is -2.30. The van der Waals surface area contributed by atoms with Crippen molar-refractivity contribution >= 4 is 47.5 Å². The second-order valence-electron chi connectivity index (χ2n) is 16.5. The summed E-state index contributed by atoms with van der Waals surface area (Å²) in [6, 6.07) is 10.7. The normalized spacial score (nSPS) is 12.1. The third-order valence-electron chi connectivity index (χ3n) is 10.3. The molecule has 0 radical (unpaired) electrons. The van der Waals surface area contributed by atoms with Crippen LogP contribution in [0.2, 0.25) is 0 Å². The van der Waals surface area contributed by atoms with Crippen LogP contribution in [0.15, 0.2) is 91.3 Å². The average Bonchev–Trinajstić information content (AvgIpc) is 4.23. The van der Waals surface area contributed by atoms with Gasteiger partial charge in [-0.3, -0.25) is 38.4 Å². The van der Waals surface area contributed by atoms with Crippen molar-refractivity contribution in [2.75, 3.05) is 26.2 Å². The molecule has 4 rings (SSSR count). The summed E-state index contributed by atoms with van der Waals surface area (Å²) in [7, 11) is 0. The third-order valence-corrected chi connectivity index (χ3v) is 10.3. The molecule has 0 aromatic carbocycles. The van der Waals surface area contributed by atoms with Crippen LogP contribution in [0.25, 0.3) is 0 Å². The maximum absolute atomic E-state index is 11.5. The van der Waals surface area contributed by atoms with E-state index in [2.05, 4.69) is 21.3 Å². The Morgan fingerprint density at radius 3 is 1.04 bits per heavy atom. The summed E-state index contributed by atoms with van der Waals surface area (Å²) >= 11 is 0. The standard InChI is InChI=1S/2C13H20N2O4.C12H18N2O4.C11H16N2O4/c2*14-11(13(17)18)5-1-2-8-15-12(16)7-6-10-4-3-9-19-10;13-10(12(16)17)5-1-2-6-14-11(15)8-9-4-3-7-18-9;12-8(11(15)16)4-1-2-6-13-10(14)9-5-3-7-17-9/h2*3-4,9,11H,1-2,5-8,14H2,(H,15,16)(H,17,18);3-4,7,10H,1-2,5-6,8,13H2,(H,14,15)(H,16,17);3,5,7-8H,1-2,4,6,12H2,(H,13,14)(H,15,16). The number of hydrogen-bond acceptors (Lipinski definition) is 16.